The monoisotopic (exact) mass is 476 g/mol. The molecule has 6 nitrogen and oxygen atoms in total. The Kier molecular flexibility index (Phi) is 5.84. The van der Waals surface area contributed by atoms with Crippen LogP contribution in [0.3, 0.4) is 0 Å². The van der Waals surface area contributed by atoms with E-state index in [4.69, 9.17) is 0 Å². The molecule has 0 radical (unpaired) electrons. The number of nitrogens with zero attached hydrogens (tertiary/aromatic N) is 3. The molecule has 0 saturated carbocycles. The van der Waals surface area contributed by atoms with E-state index in [0.717, 1.165) is 19.8 Å². The van der Waals surface area contributed by atoms with E-state index in [0.29, 0.717) is 31.1 Å². The second-order valence-electron chi connectivity index (χ2n) is 6.47. The Labute approximate surface area is 178 Å². The van der Waals surface area contributed by atoms with Crippen molar-refractivity contribution in [1.82, 2.24) is 15.1 Å². The first-order valence-corrected chi connectivity index (χ1v) is 11.3. The van der Waals surface area contributed by atoms with E-state index < -0.39 is 0 Å². The van der Waals surface area contributed by atoms with Crippen LogP contribution in [-0.2, 0) is 4.79 Å². The van der Waals surface area contributed by atoms with E-state index in [-0.39, 0.29) is 17.7 Å². The van der Waals surface area contributed by atoms with E-state index in [1.165, 1.54) is 22.7 Å². The Morgan fingerprint density at radius 1 is 1.11 bits per heavy atom. The fourth-order valence-electron chi connectivity index (χ4n) is 3.16. The van der Waals surface area contributed by atoms with Crippen LogP contribution in [0, 0.1) is 5.92 Å². The zero-order valence-electron chi connectivity index (χ0n) is 14.8. The third-order valence-electron chi connectivity index (χ3n) is 4.69. The van der Waals surface area contributed by atoms with E-state index in [1.807, 2.05) is 41.3 Å². The van der Waals surface area contributed by atoms with Gasteiger partial charge in [-0.05, 0) is 42.7 Å². The standard InChI is InChI=1S/C19H17BrN4O2S2/c20-14-3-1-12(2-4-14)15-5-6-16(28-15)18(26)24-9-7-13(8-10-24)17(25)22-19-23-21-11-27-19/h1-6,11,13H,7-10H2,(H,22,23,25). The van der Waals surface area contributed by atoms with Gasteiger partial charge in [-0.2, -0.15) is 0 Å². The van der Waals surface area contributed by atoms with Crippen molar-refractivity contribution in [3.8, 4) is 10.4 Å². The molecule has 2 amide bonds. The lowest BCUT2D eigenvalue weighted by molar-refractivity contribution is -0.121. The molecule has 2 aromatic heterocycles. The molecule has 1 aliphatic rings. The van der Waals surface area contributed by atoms with Crippen LogP contribution in [0.2, 0.25) is 0 Å². The van der Waals surface area contributed by atoms with Crippen LogP contribution in [0.25, 0.3) is 10.4 Å². The molecule has 0 atom stereocenters. The zero-order valence-corrected chi connectivity index (χ0v) is 18.0. The minimum atomic E-state index is -0.102. The maximum atomic E-state index is 12.8. The molecular weight excluding hydrogens is 460 g/mol. The highest BCUT2D eigenvalue weighted by Gasteiger charge is 2.28. The van der Waals surface area contributed by atoms with Crippen LogP contribution in [0.15, 0.2) is 46.4 Å². The lowest BCUT2D eigenvalue weighted by Crippen LogP contribution is -2.41. The van der Waals surface area contributed by atoms with Crippen LogP contribution in [0.4, 0.5) is 5.13 Å². The quantitative estimate of drug-likeness (QED) is 0.600. The first-order valence-electron chi connectivity index (χ1n) is 8.82. The lowest BCUT2D eigenvalue weighted by Gasteiger charge is -2.30. The molecule has 1 aliphatic heterocycles. The Morgan fingerprint density at radius 2 is 1.86 bits per heavy atom. The minimum Gasteiger partial charge on any atom is -0.338 e. The highest BCUT2D eigenvalue weighted by molar-refractivity contribution is 9.10. The predicted octanol–water partition coefficient (Wildman–Crippen LogP) is 4.52. The van der Waals surface area contributed by atoms with Crippen molar-refractivity contribution < 1.29 is 9.59 Å². The van der Waals surface area contributed by atoms with Crippen LogP contribution < -0.4 is 5.32 Å². The Balaban J connectivity index is 1.35. The SMILES string of the molecule is O=C(Nc1nncs1)C1CCN(C(=O)c2ccc(-c3ccc(Br)cc3)s2)CC1. The molecule has 3 aromatic rings. The van der Waals surface area contributed by atoms with Gasteiger partial charge in [0.2, 0.25) is 11.0 Å². The second kappa shape index (κ2) is 8.50. The van der Waals surface area contributed by atoms with Gasteiger partial charge in [-0.25, -0.2) is 0 Å². The molecule has 144 valence electrons. The molecule has 1 N–H and O–H groups in total. The van der Waals surface area contributed by atoms with Crippen molar-refractivity contribution in [2.24, 2.45) is 5.92 Å². The summed E-state index contributed by atoms with van der Waals surface area (Å²) in [6, 6.07) is 11.9. The van der Waals surface area contributed by atoms with Crippen molar-refractivity contribution in [3.63, 3.8) is 0 Å². The van der Waals surface area contributed by atoms with Gasteiger partial charge in [-0.3, -0.25) is 9.59 Å². The molecule has 9 heteroatoms. The largest absolute Gasteiger partial charge is 0.338 e. The second-order valence-corrected chi connectivity index (χ2v) is 9.30. The smallest absolute Gasteiger partial charge is 0.263 e. The number of hydrogen-bond donors (Lipinski definition) is 1. The van der Waals surface area contributed by atoms with Crippen LogP contribution >= 0.6 is 38.6 Å². The molecule has 0 aliphatic carbocycles. The molecule has 3 heterocycles. The number of thiophene rings is 1. The van der Waals surface area contributed by atoms with Gasteiger partial charge in [0.25, 0.3) is 5.91 Å². The van der Waals surface area contributed by atoms with Gasteiger partial charge in [-0.15, -0.1) is 21.5 Å². The normalized spacial score (nSPS) is 14.8. The number of carbonyl (C=O) groups is 2. The molecule has 1 aromatic carbocycles. The molecular formula is C19H17BrN4O2S2. The Morgan fingerprint density at radius 3 is 2.54 bits per heavy atom. The summed E-state index contributed by atoms with van der Waals surface area (Å²) in [6.45, 7) is 1.16. The molecule has 1 fully saturated rings. The number of benzene rings is 1. The van der Waals surface area contributed by atoms with Crippen LogP contribution in [0.5, 0.6) is 0 Å². The molecule has 4 rings (SSSR count). The number of amides is 2. The fourth-order valence-corrected chi connectivity index (χ4v) is 4.85. The molecule has 28 heavy (non-hydrogen) atoms. The average molecular weight is 477 g/mol. The lowest BCUT2D eigenvalue weighted by atomic mass is 9.96. The van der Waals surface area contributed by atoms with Crippen molar-refractivity contribution >= 4 is 55.5 Å². The van der Waals surface area contributed by atoms with Crippen LogP contribution in [0.1, 0.15) is 22.5 Å². The van der Waals surface area contributed by atoms with Crippen molar-refractivity contribution in [2.45, 2.75) is 12.8 Å². The fraction of sp³-hybridized carbons (Fsp3) is 0.263. The molecule has 0 spiro atoms. The highest BCUT2D eigenvalue weighted by Crippen LogP contribution is 2.30. The maximum Gasteiger partial charge on any atom is 0.263 e. The number of rotatable bonds is 4. The Hall–Kier alpha value is -2.10. The number of halogens is 1. The summed E-state index contributed by atoms with van der Waals surface area (Å²) < 4.78 is 1.03. The summed E-state index contributed by atoms with van der Waals surface area (Å²) in [6.07, 6.45) is 1.31. The highest BCUT2D eigenvalue weighted by atomic mass is 79.9. The first kappa shape index (κ1) is 19.2. The minimum absolute atomic E-state index is 0.0383. The van der Waals surface area contributed by atoms with Gasteiger partial charge in [0.1, 0.15) is 5.51 Å². The maximum absolute atomic E-state index is 12.8. The van der Waals surface area contributed by atoms with E-state index in [1.54, 1.807) is 5.51 Å². The number of nitrogens with one attached hydrogen (secondary N) is 1. The number of carbonyl (C=O) groups excluding carboxylic acids is 2. The summed E-state index contributed by atoms with van der Waals surface area (Å²) in [7, 11) is 0. The van der Waals surface area contributed by atoms with Gasteiger partial charge < -0.3 is 10.2 Å². The molecule has 1 saturated heterocycles. The molecule has 0 bridgehead atoms. The number of aromatic nitrogens is 2. The van der Waals surface area contributed by atoms with Crippen molar-refractivity contribution in [2.75, 3.05) is 18.4 Å². The van der Waals surface area contributed by atoms with Crippen molar-refractivity contribution in [3.05, 3.63) is 51.3 Å². The topological polar surface area (TPSA) is 75.2 Å². The number of piperidine rings is 1. The van der Waals surface area contributed by atoms with Crippen molar-refractivity contribution in [1.29, 1.82) is 0 Å². The number of anilines is 1. The predicted molar refractivity (Wildman–Crippen MR) is 115 cm³/mol. The van der Waals surface area contributed by atoms with Gasteiger partial charge in [0, 0.05) is 28.4 Å². The van der Waals surface area contributed by atoms with E-state index in [2.05, 4.69) is 31.4 Å². The van der Waals surface area contributed by atoms with Gasteiger partial charge in [-0.1, -0.05) is 39.4 Å². The summed E-state index contributed by atoms with van der Waals surface area (Å²) in [4.78, 5) is 28.8. The molecule has 0 unspecified atom stereocenters. The number of likely N-dealkylation sites (tertiary alicyclic amines) is 1. The average Bonchev–Trinajstić information content (AvgIpc) is 3.40. The summed E-state index contributed by atoms with van der Waals surface area (Å²) in [5.41, 5.74) is 2.68. The number of hydrogen-bond acceptors (Lipinski definition) is 6. The van der Waals surface area contributed by atoms with Gasteiger partial charge >= 0.3 is 0 Å². The Bertz CT molecular complexity index is 964. The third-order valence-corrected chi connectivity index (χ3v) is 6.95. The third kappa shape index (κ3) is 4.31. The first-order chi connectivity index (χ1) is 13.6. The zero-order chi connectivity index (χ0) is 19.5. The summed E-state index contributed by atoms with van der Waals surface area (Å²) in [5.74, 6) is -0.108. The van der Waals surface area contributed by atoms with Gasteiger partial charge in [0.05, 0.1) is 4.88 Å². The van der Waals surface area contributed by atoms with E-state index >= 15 is 0 Å². The van der Waals surface area contributed by atoms with Crippen LogP contribution in [-0.4, -0.2) is 40.0 Å². The van der Waals surface area contributed by atoms with E-state index in [9.17, 15) is 9.59 Å². The van der Waals surface area contributed by atoms with Gasteiger partial charge in [0.15, 0.2) is 0 Å². The summed E-state index contributed by atoms with van der Waals surface area (Å²) >= 11 is 6.24. The summed E-state index contributed by atoms with van der Waals surface area (Å²) in [5, 5.41) is 10.9.